The van der Waals surface area contributed by atoms with E-state index in [1.165, 1.54) is 42.5 Å². The Bertz CT molecular complexity index is 1050. The molecule has 1 radical (unpaired) electrons. The summed E-state index contributed by atoms with van der Waals surface area (Å²) in [5, 5.41) is 10.7. The predicted octanol–water partition coefficient (Wildman–Crippen LogP) is 2.77. The van der Waals surface area contributed by atoms with E-state index in [0.717, 1.165) is 11.8 Å². The Morgan fingerprint density at radius 2 is 1.50 bits per heavy atom. The number of rotatable bonds is 4. The fraction of sp³-hybridized carbons (Fsp3) is 0.0500. The zero-order valence-electron chi connectivity index (χ0n) is 14.9. The molecule has 0 aliphatic carbocycles. The summed E-state index contributed by atoms with van der Waals surface area (Å²) in [6.45, 7) is 1.97. The van der Waals surface area contributed by atoms with Crippen molar-refractivity contribution >= 4 is 21.9 Å². The summed E-state index contributed by atoms with van der Waals surface area (Å²) in [7, 11) is -4.00. The van der Waals surface area contributed by atoms with E-state index in [1.807, 2.05) is 29.8 Å². The lowest BCUT2D eigenvalue weighted by Crippen LogP contribution is -2.30. The minimum atomic E-state index is -4.00. The van der Waals surface area contributed by atoms with Crippen molar-refractivity contribution in [2.75, 3.05) is 0 Å². The van der Waals surface area contributed by atoms with Crippen LogP contribution in [0.25, 0.3) is 0 Å². The van der Waals surface area contributed by atoms with Crippen molar-refractivity contribution in [2.24, 2.45) is 0 Å². The Labute approximate surface area is 162 Å². The first-order valence-electron chi connectivity index (χ1n) is 8.11. The molecule has 0 fully saturated rings. The predicted molar refractivity (Wildman–Crippen MR) is 102 cm³/mol. The highest BCUT2D eigenvalue weighted by Crippen LogP contribution is 2.10. The molecule has 1 N–H and O–H groups in total. The average molecular weight is 397 g/mol. The van der Waals surface area contributed by atoms with Crippen molar-refractivity contribution in [2.45, 2.75) is 11.8 Å². The Morgan fingerprint density at radius 3 is 2.04 bits per heavy atom. The van der Waals surface area contributed by atoms with Gasteiger partial charge in [-0.3, -0.25) is 9.78 Å². The van der Waals surface area contributed by atoms with Crippen molar-refractivity contribution < 1.29 is 23.1 Å². The smallest absolute Gasteiger partial charge is 0.268 e. The van der Waals surface area contributed by atoms with Crippen LogP contribution in [-0.2, 0) is 15.1 Å². The van der Waals surface area contributed by atoms with Crippen LogP contribution >= 0.6 is 0 Å². The van der Waals surface area contributed by atoms with Gasteiger partial charge in [0, 0.05) is 17.5 Å². The summed E-state index contributed by atoms with van der Waals surface area (Å²) in [6.07, 6.45) is 1.79. The first kappa shape index (κ1) is 20.8. The number of sulfonamides is 1. The van der Waals surface area contributed by atoms with E-state index in [2.05, 4.69) is 4.98 Å². The molecule has 0 saturated heterocycles. The first-order valence-corrected chi connectivity index (χ1v) is 9.59. The lowest BCUT2D eigenvalue weighted by Gasteiger charge is -2.07. The Morgan fingerprint density at radius 1 is 0.857 bits per heavy atom. The van der Waals surface area contributed by atoms with E-state index in [4.69, 9.17) is 0 Å². The molecule has 0 spiro atoms. The van der Waals surface area contributed by atoms with Gasteiger partial charge in [0.2, 0.25) is 0 Å². The Balaban J connectivity index is 0.000000336. The van der Waals surface area contributed by atoms with Gasteiger partial charge < -0.3 is 0 Å². The maximum absolute atomic E-state index is 12.0. The van der Waals surface area contributed by atoms with Crippen molar-refractivity contribution in [1.29, 1.82) is 0 Å². The third kappa shape index (κ3) is 6.03. The molecular weight excluding hydrogens is 380 g/mol. The normalized spacial score (nSPS) is 10.3. The molecule has 0 aliphatic rings. The number of hydrogen-bond donors (Lipinski definition) is 1. The first-order chi connectivity index (χ1) is 13.3. The molecule has 3 aromatic rings. The zero-order valence-corrected chi connectivity index (χ0v) is 15.7. The topological polar surface area (TPSA) is 113 Å². The number of aryl methyl sites for hydroxylation is 1. The highest BCUT2D eigenvalue weighted by Gasteiger charge is 2.19. The van der Waals surface area contributed by atoms with Crippen LogP contribution in [0.2, 0.25) is 0 Å². The second-order valence-corrected chi connectivity index (χ2v) is 7.27. The van der Waals surface area contributed by atoms with E-state index < -0.39 is 21.9 Å². The number of carbonyl (C=O) groups excluding carboxylic acids is 2. The van der Waals surface area contributed by atoms with Crippen LogP contribution in [0.3, 0.4) is 0 Å². The molecule has 3 rings (SSSR count). The molecule has 28 heavy (non-hydrogen) atoms. The number of aromatic nitrogens is 1. The van der Waals surface area contributed by atoms with Crippen LogP contribution in [0, 0.1) is 6.92 Å². The molecule has 0 bridgehead atoms. The average Bonchev–Trinajstić information content (AvgIpc) is 2.69. The van der Waals surface area contributed by atoms with Gasteiger partial charge in [-0.05, 0) is 49.4 Å². The number of nitrogens with one attached hydrogen (secondary N) is 1. The molecule has 1 heterocycles. The summed E-state index contributed by atoms with van der Waals surface area (Å²) in [4.78, 5) is 26.5. The Hall–Kier alpha value is -3.52. The molecule has 143 valence electrons. The fourth-order valence-corrected chi connectivity index (χ4v) is 3.07. The van der Waals surface area contributed by atoms with Gasteiger partial charge in [0.1, 0.15) is 0 Å². The molecule has 0 unspecified atom stereocenters. The minimum Gasteiger partial charge on any atom is -0.268 e. The number of benzene rings is 2. The van der Waals surface area contributed by atoms with Crippen LogP contribution in [0.15, 0.2) is 83.9 Å². The molecule has 8 heteroatoms. The highest BCUT2D eigenvalue weighted by atomic mass is 32.2. The summed E-state index contributed by atoms with van der Waals surface area (Å²) < 4.78 is 25.8. The second kappa shape index (κ2) is 9.43. The quantitative estimate of drug-likeness (QED) is 0.727. The number of nitrogens with zero attached hydrogens (tertiary/aromatic N) is 1. The maximum Gasteiger partial charge on any atom is 0.386 e. The molecule has 1 aromatic heterocycles. The van der Waals surface area contributed by atoms with Crippen molar-refractivity contribution in [3.05, 3.63) is 95.8 Å². The van der Waals surface area contributed by atoms with Gasteiger partial charge in [-0.2, -0.15) is 0 Å². The molecule has 2 aromatic carbocycles. The van der Waals surface area contributed by atoms with E-state index in [0.29, 0.717) is 0 Å². The molecule has 1 amide bonds. The van der Waals surface area contributed by atoms with Crippen molar-refractivity contribution in [3.63, 3.8) is 0 Å². The second-order valence-electron chi connectivity index (χ2n) is 5.59. The van der Waals surface area contributed by atoms with Crippen LogP contribution < -0.4 is 4.72 Å². The minimum absolute atomic E-state index is 0.0607. The van der Waals surface area contributed by atoms with E-state index in [1.54, 1.807) is 12.3 Å². The summed E-state index contributed by atoms with van der Waals surface area (Å²) in [5.41, 5.74) is 0.776. The highest BCUT2D eigenvalue weighted by molar-refractivity contribution is 7.90. The summed E-state index contributed by atoms with van der Waals surface area (Å²) >= 11 is 0. The van der Waals surface area contributed by atoms with Crippen LogP contribution in [0.1, 0.15) is 26.4 Å². The van der Waals surface area contributed by atoms with Crippen LogP contribution in [0.5, 0.6) is 0 Å². The monoisotopic (exact) mass is 397 g/mol. The third-order valence-corrected chi connectivity index (χ3v) is 4.80. The summed E-state index contributed by atoms with van der Waals surface area (Å²) in [5.74, 6) is -2.36. The van der Waals surface area contributed by atoms with Crippen molar-refractivity contribution in [1.82, 2.24) is 9.71 Å². The van der Waals surface area contributed by atoms with Gasteiger partial charge in [0.05, 0.1) is 10.5 Å². The molecule has 7 nitrogen and oxygen atoms in total. The van der Waals surface area contributed by atoms with Crippen molar-refractivity contribution in [3.8, 4) is 0 Å². The molecule has 0 saturated carbocycles. The third-order valence-electron chi connectivity index (χ3n) is 3.45. The van der Waals surface area contributed by atoms with E-state index >= 15 is 0 Å². The van der Waals surface area contributed by atoms with E-state index in [-0.39, 0.29) is 16.0 Å². The zero-order chi connectivity index (χ0) is 20.6. The molecular formula is C20H17N2O5S. The number of amides is 1. The number of carbonyl (C=O) groups is 2. The van der Waals surface area contributed by atoms with Gasteiger partial charge in [-0.25, -0.2) is 23.0 Å². The van der Waals surface area contributed by atoms with E-state index in [9.17, 15) is 23.1 Å². The molecule has 0 aliphatic heterocycles. The largest absolute Gasteiger partial charge is 0.386 e. The fourth-order valence-electron chi connectivity index (χ4n) is 2.08. The lowest BCUT2D eigenvalue weighted by molar-refractivity contribution is 0.0573. The van der Waals surface area contributed by atoms with Gasteiger partial charge in [0.15, 0.2) is 0 Å². The SMILES string of the molecule is Cc1ccccn1.[O]C(=O)c1cccc(C(=O)NS(=O)(=O)c2ccccc2)c1. The maximum atomic E-state index is 12.0. The Kier molecular flexibility index (Phi) is 7.00. The van der Waals surface area contributed by atoms with Crippen LogP contribution in [0.4, 0.5) is 0 Å². The van der Waals surface area contributed by atoms with Crippen LogP contribution in [-0.4, -0.2) is 25.3 Å². The summed E-state index contributed by atoms with van der Waals surface area (Å²) in [6, 6.07) is 18.2. The van der Waals surface area contributed by atoms with Gasteiger partial charge in [-0.15, -0.1) is 0 Å². The van der Waals surface area contributed by atoms with Gasteiger partial charge >= 0.3 is 5.97 Å². The molecule has 0 atom stereocenters. The number of pyridine rings is 1. The van der Waals surface area contributed by atoms with Gasteiger partial charge in [-0.1, -0.05) is 30.3 Å². The number of hydrogen-bond acceptors (Lipinski definition) is 5. The van der Waals surface area contributed by atoms with Gasteiger partial charge in [0.25, 0.3) is 15.9 Å². The standard InChI is InChI=1S/C14H10NO5S.C6H7N/c16-13(10-5-4-6-11(9-10)14(17)18)15-21(19,20)12-7-2-1-3-8-12;1-6-4-2-3-5-7-6/h1-9H,(H,15,16);2-5H,1H3. The lowest BCUT2D eigenvalue weighted by atomic mass is 10.1.